The van der Waals surface area contributed by atoms with E-state index in [0.717, 1.165) is 0 Å². The molecule has 0 bridgehead atoms. The van der Waals surface area contributed by atoms with Crippen LogP contribution in [0, 0.1) is 5.41 Å². The molecule has 0 spiro atoms. The van der Waals surface area contributed by atoms with Crippen LogP contribution in [0.15, 0.2) is 0 Å². The number of carboxylic acids is 1. The van der Waals surface area contributed by atoms with E-state index in [-0.39, 0.29) is 6.54 Å². The first-order valence-electron chi connectivity index (χ1n) is 5.41. The summed E-state index contributed by atoms with van der Waals surface area (Å²) in [5, 5.41) is 11.3. The molecule has 0 unspecified atom stereocenters. The van der Waals surface area contributed by atoms with Crippen molar-refractivity contribution in [3.8, 4) is 0 Å². The van der Waals surface area contributed by atoms with E-state index in [1.54, 1.807) is 34.6 Å². The second kappa shape index (κ2) is 5.35. The van der Waals surface area contributed by atoms with Crippen molar-refractivity contribution in [1.29, 1.82) is 0 Å². The summed E-state index contributed by atoms with van der Waals surface area (Å²) in [6.45, 7) is 8.73. The Morgan fingerprint density at radius 2 is 1.76 bits per heavy atom. The maximum atomic E-state index is 11.4. The number of carbonyl (C=O) groups excluding carboxylic acids is 1. The SMILES string of the molecule is CC(C)(C)OC(=O)NCC(C)(C)[C@H](N)C(=O)O. The molecule has 6 nitrogen and oxygen atoms in total. The summed E-state index contributed by atoms with van der Waals surface area (Å²) in [4.78, 5) is 22.1. The average Bonchev–Trinajstić information content (AvgIpc) is 2.11. The van der Waals surface area contributed by atoms with E-state index in [4.69, 9.17) is 15.6 Å². The molecular weight excluding hydrogens is 224 g/mol. The summed E-state index contributed by atoms with van der Waals surface area (Å²) < 4.78 is 5.04. The zero-order chi connectivity index (χ0) is 13.9. The molecule has 100 valence electrons. The molecule has 0 heterocycles. The van der Waals surface area contributed by atoms with Crippen molar-refractivity contribution in [2.45, 2.75) is 46.3 Å². The molecule has 0 aromatic rings. The predicted octanol–water partition coefficient (Wildman–Crippen LogP) is 0.949. The van der Waals surface area contributed by atoms with Gasteiger partial charge in [-0.15, -0.1) is 0 Å². The molecule has 0 aliphatic heterocycles. The van der Waals surface area contributed by atoms with E-state index >= 15 is 0 Å². The highest BCUT2D eigenvalue weighted by Crippen LogP contribution is 2.18. The number of nitrogens with two attached hydrogens (primary N) is 1. The minimum atomic E-state index is -1.10. The summed E-state index contributed by atoms with van der Waals surface area (Å²) in [5.41, 5.74) is 4.19. The van der Waals surface area contributed by atoms with Crippen LogP contribution >= 0.6 is 0 Å². The minimum absolute atomic E-state index is 0.134. The van der Waals surface area contributed by atoms with Crippen molar-refractivity contribution in [2.75, 3.05) is 6.54 Å². The lowest BCUT2D eigenvalue weighted by molar-refractivity contribution is -0.141. The molecule has 1 amide bonds. The Morgan fingerprint density at radius 3 is 2.12 bits per heavy atom. The third-order valence-corrected chi connectivity index (χ3v) is 2.20. The lowest BCUT2D eigenvalue weighted by Crippen LogP contribution is -2.50. The third-order valence-electron chi connectivity index (χ3n) is 2.20. The van der Waals surface area contributed by atoms with Gasteiger partial charge in [-0.3, -0.25) is 4.79 Å². The molecule has 0 fully saturated rings. The van der Waals surface area contributed by atoms with Crippen LogP contribution in [0.2, 0.25) is 0 Å². The first-order valence-corrected chi connectivity index (χ1v) is 5.41. The van der Waals surface area contributed by atoms with E-state index in [2.05, 4.69) is 5.32 Å². The molecule has 0 radical (unpaired) electrons. The van der Waals surface area contributed by atoms with Gasteiger partial charge in [0.25, 0.3) is 0 Å². The molecule has 17 heavy (non-hydrogen) atoms. The lowest BCUT2D eigenvalue weighted by Gasteiger charge is -2.29. The van der Waals surface area contributed by atoms with Gasteiger partial charge < -0.3 is 20.9 Å². The summed E-state index contributed by atoms with van der Waals surface area (Å²) in [6, 6.07) is -1.04. The van der Waals surface area contributed by atoms with Gasteiger partial charge >= 0.3 is 12.1 Å². The monoisotopic (exact) mass is 246 g/mol. The number of amides is 1. The molecule has 4 N–H and O–H groups in total. The van der Waals surface area contributed by atoms with Crippen LogP contribution in [0.25, 0.3) is 0 Å². The van der Waals surface area contributed by atoms with Crippen LogP contribution in [0.4, 0.5) is 4.79 Å². The van der Waals surface area contributed by atoms with Crippen molar-refractivity contribution in [2.24, 2.45) is 11.1 Å². The van der Waals surface area contributed by atoms with Crippen molar-refractivity contribution >= 4 is 12.1 Å². The predicted molar refractivity (Wildman–Crippen MR) is 63.6 cm³/mol. The summed E-state index contributed by atoms with van der Waals surface area (Å²) >= 11 is 0. The second-order valence-electron chi connectivity index (χ2n) is 5.66. The Morgan fingerprint density at radius 1 is 1.29 bits per heavy atom. The topological polar surface area (TPSA) is 102 Å². The molecule has 0 aliphatic rings. The first-order chi connectivity index (χ1) is 7.46. The quantitative estimate of drug-likeness (QED) is 0.685. The largest absolute Gasteiger partial charge is 0.480 e. The number of carboxylic acid groups (broad SMARTS) is 1. The minimum Gasteiger partial charge on any atom is -0.480 e. The van der Waals surface area contributed by atoms with E-state index < -0.39 is 29.1 Å². The number of carbonyl (C=O) groups is 2. The van der Waals surface area contributed by atoms with Crippen molar-refractivity contribution < 1.29 is 19.4 Å². The number of hydrogen-bond donors (Lipinski definition) is 3. The average molecular weight is 246 g/mol. The summed E-state index contributed by atoms with van der Waals surface area (Å²) in [7, 11) is 0. The normalized spacial score (nSPS) is 14.0. The maximum Gasteiger partial charge on any atom is 0.407 e. The van der Waals surface area contributed by atoms with E-state index in [9.17, 15) is 9.59 Å². The van der Waals surface area contributed by atoms with Gasteiger partial charge in [-0.25, -0.2) is 4.79 Å². The molecule has 0 aromatic heterocycles. The van der Waals surface area contributed by atoms with E-state index in [1.807, 2.05) is 0 Å². The van der Waals surface area contributed by atoms with Gasteiger partial charge in [0.1, 0.15) is 11.6 Å². The van der Waals surface area contributed by atoms with Crippen molar-refractivity contribution in [1.82, 2.24) is 5.32 Å². The number of hydrogen-bond acceptors (Lipinski definition) is 4. The maximum absolute atomic E-state index is 11.4. The molecule has 0 aliphatic carbocycles. The number of aliphatic carboxylic acids is 1. The first kappa shape index (κ1) is 15.7. The van der Waals surface area contributed by atoms with Crippen LogP contribution in [0.5, 0.6) is 0 Å². The third kappa shape index (κ3) is 6.11. The van der Waals surface area contributed by atoms with E-state index in [0.29, 0.717) is 0 Å². The van der Waals surface area contributed by atoms with Crippen LogP contribution in [0.1, 0.15) is 34.6 Å². The van der Waals surface area contributed by atoms with Gasteiger partial charge in [0.2, 0.25) is 0 Å². The number of alkyl carbamates (subject to hydrolysis) is 1. The molecule has 6 heteroatoms. The van der Waals surface area contributed by atoms with Gasteiger partial charge in [0.15, 0.2) is 0 Å². The summed E-state index contributed by atoms with van der Waals surface area (Å²) in [6.07, 6.45) is -0.580. The Balaban J connectivity index is 4.28. The van der Waals surface area contributed by atoms with Crippen molar-refractivity contribution in [3.63, 3.8) is 0 Å². The van der Waals surface area contributed by atoms with Crippen LogP contribution < -0.4 is 11.1 Å². The van der Waals surface area contributed by atoms with E-state index in [1.165, 1.54) is 0 Å². The number of rotatable bonds is 4. The van der Waals surface area contributed by atoms with Crippen LogP contribution in [-0.2, 0) is 9.53 Å². The highest BCUT2D eigenvalue weighted by molar-refractivity contribution is 5.74. The molecule has 1 atom stereocenters. The highest BCUT2D eigenvalue weighted by Gasteiger charge is 2.32. The zero-order valence-corrected chi connectivity index (χ0v) is 11.0. The Hall–Kier alpha value is -1.30. The second-order valence-corrected chi connectivity index (χ2v) is 5.66. The number of nitrogens with one attached hydrogen (secondary N) is 1. The van der Waals surface area contributed by atoms with Crippen LogP contribution in [0.3, 0.4) is 0 Å². The van der Waals surface area contributed by atoms with Gasteiger partial charge in [0, 0.05) is 12.0 Å². The Kier molecular flexibility index (Phi) is 4.94. The fourth-order valence-electron chi connectivity index (χ4n) is 1.06. The standard InChI is InChI=1S/C11H22N2O4/c1-10(2,3)17-9(16)13-6-11(4,5)7(12)8(14)15/h7H,6,12H2,1-5H3,(H,13,16)(H,14,15)/t7-/m1/s1. The molecule has 0 aromatic carbocycles. The van der Waals surface area contributed by atoms with Gasteiger partial charge in [0.05, 0.1) is 0 Å². The smallest absolute Gasteiger partial charge is 0.407 e. The zero-order valence-electron chi connectivity index (χ0n) is 11.0. The fraction of sp³-hybridized carbons (Fsp3) is 0.818. The summed E-state index contributed by atoms with van der Waals surface area (Å²) in [5.74, 6) is -1.10. The van der Waals surface area contributed by atoms with Gasteiger partial charge in [-0.05, 0) is 20.8 Å². The lowest BCUT2D eigenvalue weighted by atomic mass is 9.85. The molecule has 0 rings (SSSR count). The molecular formula is C11H22N2O4. The van der Waals surface area contributed by atoms with Gasteiger partial charge in [-0.1, -0.05) is 13.8 Å². The molecule has 0 saturated carbocycles. The molecule has 0 saturated heterocycles. The Labute approximate surface area is 102 Å². The van der Waals surface area contributed by atoms with Gasteiger partial charge in [-0.2, -0.15) is 0 Å². The fourth-order valence-corrected chi connectivity index (χ4v) is 1.06. The Bertz CT molecular complexity index is 294. The van der Waals surface area contributed by atoms with Crippen molar-refractivity contribution in [3.05, 3.63) is 0 Å². The van der Waals surface area contributed by atoms with Crippen LogP contribution in [-0.4, -0.2) is 35.4 Å². The number of ether oxygens (including phenoxy) is 1. The highest BCUT2D eigenvalue weighted by atomic mass is 16.6.